The van der Waals surface area contributed by atoms with Gasteiger partial charge in [0.2, 0.25) is 0 Å². The van der Waals surface area contributed by atoms with E-state index in [1.54, 1.807) is 6.92 Å². The molecule has 1 aromatic carbocycles. The maximum Gasteiger partial charge on any atom is 0.330 e. The average molecular weight is 236 g/mol. The van der Waals surface area contributed by atoms with E-state index in [0.29, 0.717) is 12.2 Å². The molecule has 1 aromatic rings. The average Bonchev–Trinajstić information content (AvgIpc) is 2.27. The lowest BCUT2D eigenvalue weighted by Crippen LogP contribution is -1.99. The number of rotatable bonds is 4. The van der Waals surface area contributed by atoms with Crippen LogP contribution in [0.25, 0.3) is 6.08 Å². The Morgan fingerprint density at radius 1 is 1.59 bits per heavy atom. The maximum atomic E-state index is 11.0. The van der Waals surface area contributed by atoms with Gasteiger partial charge in [-0.1, -0.05) is 0 Å². The molecule has 17 heavy (non-hydrogen) atoms. The molecule has 0 aliphatic rings. The van der Waals surface area contributed by atoms with Crippen molar-refractivity contribution in [3.8, 4) is 0 Å². The van der Waals surface area contributed by atoms with Crippen molar-refractivity contribution in [2.24, 2.45) is 0 Å². The van der Waals surface area contributed by atoms with Crippen LogP contribution in [0.3, 0.4) is 0 Å². The maximum absolute atomic E-state index is 11.0. The van der Waals surface area contributed by atoms with Gasteiger partial charge in [0.25, 0.3) is 5.69 Å². The summed E-state index contributed by atoms with van der Waals surface area (Å²) >= 11 is 0. The summed E-state index contributed by atoms with van der Waals surface area (Å²) in [5.74, 6) is -0.481. The molecule has 6 nitrogen and oxygen atoms in total. The summed E-state index contributed by atoms with van der Waals surface area (Å²) < 4.78 is 4.69. The van der Waals surface area contributed by atoms with Crippen molar-refractivity contribution in [3.05, 3.63) is 40.0 Å². The van der Waals surface area contributed by atoms with Crippen LogP contribution in [0.5, 0.6) is 0 Å². The van der Waals surface area contributed by atoms with Gasteiger partial charge in [-0.15, -0.1) is 0 Å². The van der Waals surface area contributed by atoms with Gasteiger partial charge in [0.1, 0.15) is 0 Å². The van der Waals surface area contributed by atoms with Gasteiger partial charge < -0.3 is 10.5 Å². The summed E-state index contributed by atoms with van der Waals surface area (Å²) in [5.41, 5.74) is 6.29. The lowest BCUT2D eigenvalue weighted by molar-refractivity contribution is -0.384. The number of nitrogen functional groups attached to an aromatic ring is 1. The lowest BCUT2D eigenvalue weighted by Gasteiger charge is -2.00. The molecule has 0 atom stereocenters. The third-order valence-electron chi connectivity index (χ3n) is 1.97. The molecule has 0 fully saturated rings. The van der Waals surface area contributed by atoms with Gasteiger partial charge in [0.05, 0.1) is 11.5 Å². The number of carbonyl (C=O) groups excluding carboxylic acids is 1. The number of hydrogen-bond acceptors (Lipinski definition) is 5. The van der Waals surface area contributed by atoms with Gasteiger partial charge in [-0.2, -0.15) is 0 Å². The molecule has 2 N–H and O–H groups in total. The standard InChI is InChI=1S/C11H12N2O4/c1-2-17-11(14)6-4-8-3-5-9(13(15)16)7-10(8)12/h3-7H,2,12H2,1H3/b6-4+. The molecule has 0 spiro atoms. The number of hydrogen-bond donors (Lipinski definition) is 1. The molecular weight excluding hydrogens is 224 g/mol. The Morgan fingerprint density at radius 3 is 2.82 bits per heavy atom. The fourth-order valence-electron chi connectivity index (χ4n) is 1.18. The molecule has 0 saturated heterocycles. The van der Waals surface area contributed by atoms with E-state index in [1.807, 2.05) is 0 Å². The molecule has 6 heteroatoms. The Bertz CT molecular complexity index is 469. The SMILES string of the molecule is CCOC(=O)/C=C/c1ccc([N+](=O)[O-])cc1N. The molecule has 0 aliphatic heterocycles. The third kappa shape index (κ3) is 3.60. The Kier molecular flexibility index (Phi) is 4.21. The van der Waals surface area contributed by atoms with Crippen molar-refractivity contribution < 1.29 is 14.5 Å². The smallest absolute Gasteiger partial charge is 0.330 e. The largest absolute Gasteiger partial charge is 0.463 e. The second-order valence-corrected chi connectivity index (χ2v) is 3.16. The molecule has 0 unspecified atom stereocenters. The molecule has 0 heterocycles. The zero-order valence-corrected chi connectivity index (χ0v) is 9.25. The summed E-state index contributed by atoms with van der Waals surface area (Å²) in [5, 5.41) is 10.5. The fourth-order valence-corrected chi connectivity index (χ4v) is 1.18. The van der Waals surface area contributed by atoms with E-state index in [9.17, 15) is 14.9 Å². The van der Waals surface area contributed by atoms with Crippen LogP contribution >= 0.6 is 0 Å². The van der Waals surface area contributed by atoms with Crippen molar-refractivity contribution in [2.75, 3.05) is 12.3 Å². The summed E-state index contributed by atoms with van der Waals surface area (Å²) in [7, 11) is 0. The highest BCUT2D eigenvalue weighted by atomic mass is 16.6. The number of benzene rings is 1. The molecule has 0 bridgehead atoms. The van der Waals surface area contributed by atoms with Crippen LogP contribution in [-0.4, -0.2) is 17.5 Å². The minimum absolute atomic E-state index is 0.0872. The molecule has 0 saturated carbocycles. The monoisotopic (exact) mass is 236 g/mol. The Balaban J connectivity index is 2.86. The van der Waals surface area contributed by atoms with Crippen LogP contribution in [-0.2, 0) is 9.53 Å². The van der Waals surface area contributed by atoms with E-state index >= 15 is 0 Å². The Morgan fingerprint density at radius 2 is 2.29 bits per heavy atom. The van der Waals surface area contributed by atoms with Gasteiger partial charge in [-0.25, -0.2) is 4.79 Å². The second-order valence-electron chi connectivity index (χ2n) is 3.16. The van der Waals surface area contributed by atoms with Crippen LogP contribution in [0.4, 0.5) is 11.4 Å². The van der Waals surface area contributed by atoms with E-state index in [-0.39, 0.29) is 11.4 Å². The normalized spacial score (nSPS) is 10.4. The second kappa shape index (κ2) is 5.64. The third-order valence-corrected chi connectivity index (χ3v) is 1.97. The van der Waals surface area contributed by atoms with Crippen molar-refractivity contribution in [3.63, 3.8) is 0 Å². The van der Waals surface area contributed by atoms with Crippen molar-refractivity contribution >= 4 is 23.4 Å². The predicted molar refractivity (Wildman–Crippen MR) is 63.2 cm³/mol. The predicted octanol–water partition coefficient (Wildman–Crippen LogP) is 1.75. The van der Waals surface area contributed by atoms with E-state index in [0.717, 1.165) is 0 Å². The first-order valence-corrected chi connectivity index (χ1v) is 4.93. The van der Waals surface area contributed by atoms with Gasteiger partial charge in [-0.3, -0.25) is 10.1 Å². The molecule has 0 radical (unpaired) electrons. The van der Waals surface area contributed by atoms with E-state index < -0.39 is 10.9 Å². The molecule has 1 rings (SSSR count). The summed E-state index contributed by atoms with van der Waals surface area (Å²) in [6, 6.07) is 4.04. The van der Waals surface area contributed by atoms with E-state index in [1.165, 1.54) is 30.4 Å². The number of nitro benzene ring substituents is 1. The first kappa shape index (κ1) is 12.7. The highest BCUT2D eigenvalue weighted by Crippen LogP contribution is 2.20. The van der Waals surface area contributed by atoms with Crippen LogP contribution in [0.2, 0.25) is 0 Å². The first-order chi connectivity index (χ1) is 8.04. The van der Waals surface area contributed by atoms with Crippen molar-refractivity contribution in [1.29, 1.82) is 0 Å². The highest BCUT2D eigenvalue weighted by molar-refractivity contribution is 5.88. The van der Waals surface area contributed by atoms with Crippen molar-refractivity contribution in [2.45, 2.75) is 6.92 Å². The molecule has 0 aliphatic carbocycles. The summed E-state index contributed by atoms with van der Waals surface area (Å²) in [6.07, 6.45) is 2.68. The lowest BCUT2D eigenvalue weighted by atomic mass is 10.1. The van der Waals surface area contributed by atoms with E-state index in [2.05, 4.69) is 0 Å². The fraction of sp³-hybridized carbons (Fsp3) is 0.182. The Hall–Kier alpha value is -2.37. The first-order valence-electron chi connectivity index (χ1n) is 4.93. The van der Waals surface area contributed by atoms with Gasteiger partial charge in [0.15, 0.2) is 0 Å². The zero-order valence-electron chi connectivity index (χ0n) is 9.25. The number of carbonyl (C=O) groups is 1. The van der Waals surface area contributed by atoms with Crippen LogP contribution < -0.4 is 5.73 Å². The number of anilines is 1. The Labute approximate surface area is 97.8 Å². The van der Waals surface area contributed by atoms with Gasteiger partial charge in [-0.05, 0) is 24.6 Å². The van der Waals surface area contributed by atoms with Crippen LogP contribution in [0, 0.1) is 10.1 Å². The molecule has 90 valence electrons. The molecular formula is C11H12N2O4. The number of ether oxygens (including phenoxy) is 1. The quantitative estimate of drug-likeness (QED) is 0.282. The molecule has 0 aromatic heterocycles. The van der Waals surface area contributed by atoms with Gasteiger partial charge in [0, 0.05) is 23.9 Å². The van der Waals surface area contributed by atoms with Gasteiger partial charge >= 0.3 is 5.97 Å². The number of nitrogens with two attached hydrogens (primary N) is 1. The number of nitro groups is 1. The van der Waals surface area contributed by atoms with Crippen molar-refractivity contribution in [1.82, 2.24) is 0 Å². The summed E-state index contributed by atoms with van der Waals surface area (Å²) in [4.78, 5) is 21.0. The zero-order chi connectivity index (χ0) is 12.8. The topological polar surface area (TPSA) is 95.5 Å². The summed E-state index contributed by atoms with van der Waals surface area (Å²) in [6.45, 7) is 1.99. The number of nitrogens with zero attached hydrogens (tertiary/aromatic N) is 1. The number of esters is 1. The minimum atomic E-state index is -0.533. The van der Waals surface area contributed by atoms with Crippen LogP contribution in [0.1, 0.15) is 12.5 Å². The molecule has 0 amide bonds. The number of non-ortho nitro benzene ring substituents is 1. The highest BCUT2D eigenvalue weighted by Gasteiger charge is 2.07. The van der Waals surface area contributed by atoms with Crippen LogP contribution in [0.15, 0.2) is 24.3 Å². The minimum Gasteiger partial charge on any atom is -0.463 e. The van der Waals surface area contributed by atoms with E-state index in [4.69, 9.17) is 10.5 Å².